The van der Waals surface area contributed by atoms with Gasteiger partial charge in [0.25, 0.3) is 0 Å². The van der Waals surface area contributed by atoms with Crippen molar-refractivity contribution < 1.29 is 9.47 Å². The second kappa shape index (κ2) is 6.64. The van der Waals surface area contributed by atoms with Gasteiger partial charge in [0.2, 0.25) is 0 Å². The summed E-state index contributed by atoms with van der Waals surface area (Å²) in [7, 11) is 1.64. The molecule has 0 aromatic heterocycles. The second-order valence-electron chi connectivity index (χ2n) is 5.42. The molecule has 0 spiro atoms. The van der Waals surface area contributed by atoms with Crippen LogP contribution in [0.25, 0.3) is 0 Å². The van der Waals surface area contributed by atoms with Gasteiger partial charge < -0.3 is 15.2 Å². The standard InChI is InChI=1S/C18H23NO2/c1-12-5-6-13(2)16(9-12)11-21-17-8-7-15(14(3)19)10-18(17)20-4/h5-10,14H,11,19H2,1-4H3. The molecule has 21 heavy (non-hydrogen) atoms. The minimum atomic E-state index is -0.0213. The van der Waals surface area contributed by atoms with E-state index < -0.39 is 0 Å². The van der Waals surface area contributed by atoms with Crippen LogP contribution in [0.3, 0.4) is 0 Å². The number of aryl methyl sites for hydroxylation is 2. The maximum Gasteiger partial charge on any atom is 0.161 e. The van der Waals surface area contributed by atoms with E-state index in [1.807, 2.05) is 25.1 Å². The summed E-state index contributed by atoms with van der Waals surface area (Å²) in [6, 6.07) is 12.2. The molecule has 0 amide bonds. The highest BCUT2D eigenvalue weighted by Crippen LogP contribution is 2.30. The van der Waals surface area contributed by atoms with E-state index in [0.29, 0.717) is 6.61 Å². The van der Waals surface area contributed by atoms with Crippen molar-refractivity contribution in [1.29, 1.82) is 0 Å². The summed E-state index contributed by atoms with van der Waals surface area (Å²) in [6.07, 6.45) is 0. The third-order valence-electron chi connectivity index (χ3n) is 3.60. The van der Waals surface area contributed by atoms with Crippen LogP contribution in [-0.2, 0) is 6.61 Å². The maximum atomic E-state index is 5.92. The first kappa shape index (κ1) is 15.4. The average Bonchev–Trinajstić information content (AvgIpc) is 2.47. The van der Waals surface area contributed by atoms with Crippen LogP contribution in [0.5, 0.6) is 11.5 Å². The number of methoxy groups -OCH3 is 1. The van der Waals surface area contributed by atoms with Gasteiger partial charge in [0, 0.05) is 6.04 Å². The smallest absolute Gasteiger partial charge is 0.161 e. The Labute approximate surface area is 126 Å². The fraction of sp³-hybridized carbons (Fsp3) is 0.333. The SMILES string of the molecule is COc1cc(C(C)N)ccc1OCc1cc(C)ccc1C. The topological polar surface area (TPSA) is 44.5 Å². The van der Waals surface area contributed by atoms with Crippen molar-refractivity contribution in [3.63, 3.8) is 0 Å². The van der Waals surface area contributed by atoms with Gasteiger partial charge in [-0.1, -0.05) is 29.8 Å². The van der Waals surface area contributed by atoms with E-state index in [1.165, 1.54) is 16.7 Å². The number of nitrogens with two attached hydrogens (primary N) is 1. The van der Waals surface area contributed by atoms with Crippen LogP contribution in [-0.4, -0.2) is 7.11 Å². The highest BCUT2D eigenvalue weighted by Gasteiger charge is 2.09. The molecule has 0 bridgehead atoms. The predicted octanol–water partition coefficient (Wildman–Crippen LogP) is 3.91. The van der Waals surface area contributed by atoms with Crippen molar-refractivity contribution in [2.45, 2.75) is 33.4 Å². The summed E-state index contributed by atoms with van der Waals surface area (Å²) in [4.78, 5) is 0. The van der Waals surface area contributed by atoms with Gasteiger partial charge >= 0.3 is 0 Å². The van der Waals surface area contributed by atoms with Crippen LogP contribution in [0, 0.1) is 13.8 Å². The molecule has 0 aliphatic rings. The van der Waals surface area contributed by atoms with Crippen LogP contribution in [0.1, 0.15) is 35.2 Å². The summed E-state index contributed by atoms with van der Waals surface area (Å²) < 4.78 is 11.3. The first-order valence-corrected chi connectivity index (χ1v) is 7.13. The summed E-state index contributed by atoms with van der Waals surface area (Å²) in [5.74, 6) is 1.46. The first-order valence-electron chi connectivity index (χ1n) is 7.13. The quantitative estimate of drug-likeness (QED) is 0.905. The van der Waals surface area contributed by atoms with Crippen LogP contribution in [0.2, 0.25) is 0 Å². The lowest BCUT2D eigenvalue weighted by Gasteiger charge is -2.14. The van der Waals surface area contributed by atoms with Crippen molar-refractivity contribution in [3.8, 4) is 11.5 Å². The Morgan fingerprint density at radius 3 is 2.48 bits per heavy atom. The Hall–Kier alpha value is -2.00. The monoisotopic (exact) mass is 285 g/mol. The number of hydrogen-bond acceptors (Lipinski definition) is 3. The molecule has 112 valence electrons. The van der Waals surface area contributed by atoms with Gasteiger partial charge in [-0.2, -0.15) is 0 Å². The van der Waals surface area contributed by atoms with Gasteiger partial charge in [-0.05, 0) is 49.6 Å². The summed E-state index contributed by atoms with van der Waals surface area (Å²) in [5.41, 5.74) is 10.6. The van der Waals surface area contributed by atoms with Crippen LogP contribution >= 0.6 is 0 Å². The van der Waals surface area contributed by atoms with Crippen LogP contribution in [0.15, 0.2) is 36.4 Å². The largest absolute Gasteiger partial charge is 0.493 e. The zero-order valence-corrected chi connectivity index (χ0v) is 13.1. The molecule has 0 heterocycles. The molecule has 0 radical (unpaired) electrons. The number of ether oxygens (including phenoxy) is 2. The number of hydrogen-bond donors (Lipinski definition) is 1. The summed E-state index contributed by atoms with van der Waals surface area (Å²) >= 11 is 0. The highest BCUT2D eigenvalue weighted by molar-refractivity contribution is 5.44. The Bertz CT molecular complexity index is 621. The molecule has 2 aromatic carbocycles. The fourth-order valence-electron chi connectivity index (χ4n) is 2.20. The highest BCUT2D eigenvalue weighted by atomic mass is 16.5. The van der Waals surface area contributed by atoms with E-state index in [1.54, 1.807) is 7.11 Å². The fourth-order valence-corrected chi connectivity index (χ4v) is 2.20. The van der Waals surface area contributed by atoms with Crippen molar-refractivity contribution in [2.24, 2.45) is 5.73 Å². The van der Waals surface area contributed by atoms with Gasteiger partial charge in [-0.25, -0.2) is 0 Å². The van der Waals surface area contributed by atoms with Gasteiger partial charge in [0.15, 0.2) is 11.5 Å². The van der Waals surface area contributed by atoms with Crippen molar-refractivity contribution in [3.05, 3.63) is 58.7 Å². The third kappa shape index (κ3) is 3.76. The lowest BCUT2D eigenvalue weighted by Crippen LogP contribution is -2.06. The molecule has 3 heteroatoms. The minimum absolute atomic E-state index is 0.0213. The molecule has 0 aliphatic carbocycles. The van der Waals surface area contributed by atoms with E-state index in [4.69, 9.17) is 15.2 Å². The van der Waals surface area contributed by atoms with Gasteiger partial charge in [-0.3, -0.25) is 0 Å². The lowest BCUT2D eigenvalue weighted by atomic mass is 10.1. The molecule has 2 rings (SSSR count). The molecule has 2 N–H and O–H groups in total. The Balaban J connectivity index is 2.18. The molecule has 1 unspecified atom stereocenters. The van der Waals surface area contributed by atoms with E-state index >= 15 is 0 Å². The number of rotatable bonds is 5. The molecule has 2 aromatic rings. The van der Waals surface area contributed by atoms with Gasteiger partial charge in [0.1, 0.15) is 6.61 Å². The third-order valence-corrected chi connectivity index (χ3v) is 3.60. The second-order valence-corrected chi connectivity index (χ2v) is 5.42. The van der Waals surface area contributed by atoms with Gasteiger partial charge in [0.05, 0.1) is 7.11 Å². The Morgan fingerprint density at radius 1 is 1.05 bits per heavy atom. The molecule has 0 fully saturated rings. The van der Waals surface area contributed by atoms with E-state index in [2.05, 4.69) is 32.0 Å². The average molecular weight is 285 g/mol. The zero-order chi connectivity index (χ0) is 15.4. The van der Waals surface area contributed by atoms with Crippen molar-refractivity contribution in [2.75, 3.05) is 7.11 Å². The normalized spacial score (nSPS) is 12.0. The van der Waals surface area contributed by atoms with Gasteiger partial charge in [-0.15, -0.1) is 0 Å². The predicted molar refractivity (Wildman–Crippen MR) is 85.8 cm³/mol. The molecule has 1 atom stereocenters. The zero-order valence-electron chi connectivity index (χ0n) is 13.1. The van der Waals surface area contributed by atoms with E-state index in [-0.39, 0.29) is 6.04 Å². The van der Waals surface area contributed by atoms with E-state index in [9.17, 15) is 0 Å². The maximum absolute atomic E-state index is 5.92. The lowest BCUT2D eigenvalue weighted by molar-refractivity contribution is 0.283. The Kier molecular flexibility index (Phi) is 4.86. The van der Waals surface area contributed by atoms with Crippen LogP contribution in [0.4, 0.5) is 0 Å². The molecule has 3 nitrogen and oxygen atoms in total. The van der Waals surface area contributed by atoms with Crippen LogP contribution < -0.4 is 15.2 Å². The van der Waals surface area contributed by atoms with E-state index in [0.717, 1.165) is 17.1 Å². The Morgan fingerprint density at radius 2 is 1.81 bits per heavy atom. The minimum Gasteiger partial charge on any atom is -0.493 e. The number of benzene rings is 2. The van der Waals surface area contributed by atoms with Crippen molar-refractivity contribution in [1.82, 2.24) is 0 Å². The first-order chi connectivity index (χ1) is 10.0. The molecular formula is C18H23NO2. The van der Waals surface area contributed by atoms with Crippen molar-refractivity contribution >= 4 is 0 Å². The summed E-state index contributed by atoms with van der Waals surface area (Å²) in [5, 5.41) is 0. The molecule has 0 saturated carbocycles. The summed E-state index contributed by atoms with van der Waals surface area (Å²) in [6.45, 7) is 6.66. The molecular weight excluding hydrogens is 262 g/mol. The molecule has 0 saturated heterocycles. The molecule has 0 aliphatic heterocycles.